The highest BCUT2D eigenvalue weighted by Crippen LogP contribution is 2.37. The summed E-state index contributed by atoms with van der Waals surface area (Å²) in [5.74, 6) is 2.40. The molecule has 0 bridgehead atoms. The predicted molar refractivity (Wildman–Crippen MR) is 137 cm³/mol. The smallest absolute Gasteiger partial charge is 0.218 e. The fraction of sp³-hybridized carbons (Fsp3) is 0.286. The molecule has 0 fully saturated rings. The van der Waals surface area contributed by atoms with E-state index < -0.39 is 0 Å². The number of methoxy groups -OCH3 is 1. The van der Waals surface area contributed by atoms with Crippen LogP contribution in [0.3, 0.4) is 0 Å². The van der Waals surface area contributed by atoms with E-state index in [0.29, 0.717) is 34.9 Å². The Balaban J connectivity index is 1.82. The van der Waals surface area contributed by atoms with Gasteiger partial charge in [0.1, 0.15) is 35.6 Å². The molecule has 35 heavy (non-hydrogen) atoms. The van der Waals surface area contributed by atoms with Crippen LogP contribution in [0.4, 0.5) is 5.82 Å². The molecule has 0 amide bonds. The monoisotopic (exact) mass is 470 g/mol. The standard InChI is InChI=1S/C28H30N4O3/c1-16(2)35-28-18(4)13-22-23(14-29)26(30)32(27(22)31-28)25-17(3)7-12-24(19(25)5)34-15-20-8-10-21(33-6)11-9-20/h7-13,16H,15,30H2,1-6H3. The molecule has 0 aliphatic rings. The van der Waals surface area contributed by atoms with E-state index >= 15 is 0 Å². The van der Waals surface area contributed by atoms with Crippen molar-refractivity contribution in [2.24, 2.45) is 0 Å². The van der Waals surface area contributed by atoms with Crippen molar-refractivity contribution in [2.45, 2.75) is 47.3 Å². The molecule has 0 aliphatic heterocycles. The minimum Gasteiger partial charge on any atom is -0.497 e. The number of anilines is 1. The van der Waals surface area contributed by atoms with E-state index in [1.165, 1.54) is 0 Å². The number of nitrogens with two attached hydrogens (primary N) is 1. The van der Waals surface area contributed by atoms with Gasteiger partial charge in [-0.25, -0.2) is 0 Å². The zero-order chi connectivity index (χ0) is 25.3. The second-order valence-corrected chi connectivity index (χ2v) is 8.85. The second-order valence-electron chi connectivity index (χ2n) is 8.85. The number of aryl methyl sites for hydroxylation is 2. The molecule has 0 saturated carbocycles. The van der Waals surface area contributed by atoms with Crippen LogP contribution >= 0.6 is 0 Å². The molecular weight excluding hydrogens is 440 g/mol. The van der Waals surface area contributed by atoms with Crippen LogP contribution in [0, 0.1) is 32.1 Å². The maximum Gasteiger partial charge on any atom is 0.218 e. The lowest BCUT2D eigenvalue weighted by Gasteiger charge is -2.18. The van der Waals surface area contributed by atoms with Gasteiger partial charge in [-0.1, -0.05) is 18.2 Å². The molecule has 2 heterocycles. The molecule has 0 spiro atoms. The first kappa shape index (κ1) is 24.0. The average Bonchev–Trinajstić information content (AvgIpc) is 3.09. The number of nitrogen functional groups attached to an aromatic ring is 1. The predicted octanol–water partition coefficient (Wildman–Crippen LogP) is 5.78. The van der Waals surface area contributed by atoms with Crippen LogP contribution in [-0.4, -0.2) is 22.8 Å². The SMILES string of the molecule is COc1ccc(COc2ccc(C)c(-n3c(N)c(C#N)c4cc(C)c(OC(C)C)nc43)c2C)cc1. The van der Waals surface area contributed by atoms with Crippen molar-refractivity contribution in [2.75, 3.05) is 12.8 Å². The summed E-state index contributed by atoms with van der Waals surface area (Å²) in [6.07, 6.45) is -0.0343. The number of hydrogen-bond donors (Lipinski definition) is 1. The zero-order valence-corrected chi connectivity index (χ0v) is 21.0. The Bertz CT molecular complexity index is 1430. The Morgan fingerprint density at radius 1 is 1.06 bits per heavy atom. The molecule has 2 aromatic heterocycles. The highest BCUT2D eigenvalue weighted by molar-refractivity contribution is 5.92. The van der Waals surface area contributed by atoms with Crippen LogP contribution in [0.5, 0.6) is 17.4 Å². The van der Waals surface area contributed by atoms with Crippen LogP contribution < -0.4 is 19.9 Å². The van der Waals surface area contributed by atoms with Crippen LogP contribution in [-0.2, 0) is 6.61 Å². The van der Waals surface area contributed by atoms with Crippen molar-refractivity contribution in [1.82, 2.24) is 9.55 Å². The number of hydrogen-bond acceptors (Lipinski definition) is 6. The third-order valence-corrected chi connectivity index (χ3v) is 5.94. The second kappa shape index (κ2) is 9.59. The number of nitrogens with zero attached hydrogens (tertiary/aromatic N) is 3. The molecule has 0 aliphatic carbocycles. The maximum atomic E-state index is 9.89. The first-order valence-corrected chi connectivity index (χ1v) is 11.5. The van der Waals surface area contributed by atoms with Crippen LogP contribution in [0.2, 0.25) is 0 Å². The Morgan fingerprint density at radius 3 is 2.40 bits per heavy atom. The van der Waals surface area contributed by atoms with E-state index in [2.05, 4.69) is 6.07 Å². The molecule has 4 rings (SSSR count). The van der Waals surface area contributed by atoms with Gasteiger partial charge < -0.3 is 19.9 Å². The molecule has 0 radical (unpaired) electrons. The molecule has 0 atom stereocenters. The van der Waals surface area contributed by atoms with Crippen LogP contribution in [0.1, 0.15) is 41.7 Å². The van der Waals surface area contributed by atoms with E-state index in [9.17, 15) is 5.26 Å². The van der Waals surface area contributed by atoms with Gasteiger partial charge in [-0.2, -0.15) is 10.2 Å². The van der Waals surface area contributed by atoms with Crippen molar-refractivity contribution in [3.63, 3.8) is 0 Å². The van der Waals surface area contributed by atoms with Crippen molar-refractivity contribution in [3.05, 3.63) is 70.3 Å². The number of ether oxygens (including phenoxy) is 3. The molecule has 7 nitrogen and oxygen atoms in total. The first-order valence-electron chi connectivity index (χ1n) is 11.5. The van der Waals surface area contributed by atoms with E-state index in [1.807, 2.05) is 81.7 Å². The summed E-state index contributed by atoms with van der Waals surface area (Å²) >= 11 is 0. The summed E-state index contributed by atoms with van der Waals surface area (Å²) in [6.45, 7) is 10.2. The Morgan fingerprint density at radius 2 is 1.77 bits per heavy atom. The lowest BCUT2D eigenvalue weighted by molar-refractivity contribution is 0.231. The summed E-state index contributed by atoms with van der Waals surface area (Å²) in [7, 11) is 1.64. The Labute approximate surface area is 205 Å². The summed E-state index contributed by atoms with van der Waals surface area (Å²) in [4.78, 5) is 4.80. The highest BCUT2D eigenvalue weighted by atomic mass is 16.5. The zero-order valence-electron chi connectivity index (χ0n) is 21.0. The normalized spacial score (nSPS) is 11.0. The Hall–Kier alpha value is -4.18. The summed E-state index contributed by atoms with van der Waals surface area (Å²) in [6, 6.07) is 15.9. The summed E-state index contributed by atoms with van der Waals surface area (Å²) < 4.78 is 19.2. The number of fused-ring (bicyclic) bond motifs is 1. The summed E-state index contributed by atoms with van der Waals surface area (Å²) in [5, 5.41) is 10.6. The van der Waals surface area contributed by atoms with E-state index in [0.717, 1.165) is 39.4 Å². The van der Waals surface area contributed by atoms with Gasteiger partial charge in [0.2, 0.25) is 5.88 Å². The van der Waals surface area contributed by atoms with Gasteiger partial charge in [-0.05, 0) is 70.0 Å². The van der Waals surface area contributed by atoms with E-state index in [1.54, 1.807) is 7.11 Å². The molecular formula is C28H30N4O3. The third-order valence-electron chi connectivity index (χ3n) is 5.94. The lowest BCUT2D eigenvalue weighted by atomic mass is 10.1. The lowest BCUT2D eigenvalue weighted by Crippen LogP contribution is -2.10. The number of benzene rings is 2. The minimum absolute atomic E-state index is 0.0343. The van der Waals surface area contributed by atoms with Gasteiger partial charge in [-0.15, -0.1) is 0 Å². The number of rotatable bonds is 7. The fourth-order valence-electron chi connectivity index (χ4n) is 4.19. The molecule has 0 saturated heterocycles. The molecule has 180 valence electrons. The molecule has 2 aromatic carbocycles. The van der Waals surface area contributed by atoms with E-state index in [4.69, 9.17) is 24.9 Å². The van der Waals surface area contributed by atoms with Crippen molar-refractivity contribution < 1.29 is 14.2 Å². The number of aromatic nitrogens is 2. The summed E-state index contributed by atoms with van der Waals surface area (Å²) in [5.41, 5.74) is 12.1. The van der Waals surface area contributed by atoms with Crippen LogP contribution in [0.15, 0.2) is 42.5 Å². The Kier molecular flexibility index (Phi) is 6.57. The quantitative estimate of drug-likeness (QED) is 0.368. The number of pyridine rings is 1. The van der Waals surface area contributed by atoms with Crippen LogP contribution in [0.25, 0.3) is 16.7 Å². The highest BCUT2D eigenvalue weighted by Gasteiger charge is 2.23. The topological polar surface area (TPSA) is 95.3 Å². The van der Waals surface area contributed by atoms with Gasteiger partial charge in [0.15, 0.2) is 5.65 Å². The largest absolute Gasteiger partial charge is 0.497 e. The maximum absolute atomic E-state index is 9.89. The average molecular weight is 471 g/mol. The molecule has 2 N–H and O–H groups in total. The minimum atomic E-state index is -0.0343. The van der Waals surface area contributed by atoms with Crippen molar-refractivity contribution >= 4 is 16.9 Å². The van der Waals surface area contributed by atoms with Crippen molar-refractivity contribution in [3.8, 4) is 29.1 Å². The van der Waals surface area contributed by atoms with Gasteiger partial charge in [0.05, 0.1) is 18.9 Å². The first-order chi connectivity index (χ1) is 16.7. The third kappa shape index (κ3) is 4.47. The van der Waals surface area contributed by atoms with E-state index in [-0.39, 0.29) is 6.10 Å². The van der Waals surface area contributed by atoms with Gasteiger partial charge in [0.25, 0.3) is 0 Å². The van der Waals surface area contributed by atoms with Gasteiger partial charge in [-0.3, -0.25) is 4.57 Å². The number of nitriles is 1. The molecule has 0 unspecified atom stereocenters. The molecule has 7 heteroatoms. The van der Waals surface area contributed by atoms with Gasteiger partial charge in [0, 0.05) is 16.5 Å². The van der Waals surface area contributed by atoms with Crippen molar-refractivity contribution in [1.29, 1.82) is 5.26 Å². The molecule has 4 aromatic rings. The fourth-order valence-corrected chi connectivity index (χ4v) is 4.19. The van der Waals surface area contributed by atoms with Gasteiger partial charge >= 0.3 is 0 Å².